The topological polar surface area (TPSA) is 18.5 Å². The van der Waals surface area contributed by atoms with Crippen LogP contribution in [-0.2, 0) is 15.4 Å². The molecule has 0 radical (unpaired) electrons. The van der Waals surface area contributed by atoms with E-state index in [2.05, 4.69) is 19.1 Å². The van der Waals surface area contributed by atoms with Gasteiger partial charge in [-0.2, -0.15) is 0 Å². The molecule has 0 unspecified atom stereocenters. The van der Waals surface area contributed by atoms with Crippen LogP contribution in [0.25, 0.3) is 0 Å². The lowest BCUT2D eigenvalue weighted by Crippen LogP contribution is -2.22. The van der Waals surface area contributed by atoms with E-state index >= 15 is 0 Å². The molecule has 0 aliphatic rings. The van der Waals surface area contributed by atoms with Crippen LogP contribution in [-0.4, -0.2) is 6.61 Å². The lowest BCUT2D eigenvalue weighted by molar-refractivity contribution is -0.358. The third kappa shape index (κ3) is 6.74. The summed E-state index contributed by atoms with van der Waals surface area (Å²) >= 11 is 0. The predicted molar refractivity (Wildman–Crippen MR) is 79.9 cm³/mol. The SMILES string of the molecule is CCCCCCCCOOC(C)(C)c1ccccc1. The normalized spacial score (nSPS) is 11.7. The van der Waals surface area contributed by atoms with E-state index in [1.165, 1.54) is 32.1 Å². The molecule has 0 saturated heterocycles. The Morgan fingerprint density at radius 3 is 2.21 bits per heavy atom. The lowest BCUT2D eigenvalue weighted by Gasteiger charge is -2.24. The summed E-state index contributed by atoms with van der Waals surface area (Å²) in [7, 11) is 0. The van der Waals surface area contributed by atoms with Crippen LogP contribution < -0.4 is 0 Å². The highest BCUT2D eigenvalue weighted by Crippen LogP contribution is 2.24. The van der Waals surface area contributed by atoms with Gasteiger partial charge in [-0.1, -0.05) is 69.4 Å². The van der Waals surface area contributed by atoms with Crippen molar-refractivity contribution in [1.82, 2.24) is 0 Å². The molecule has 0 saturated carbocycles. The van der Waals surface area contributed by atoms with Gasteiger partial charge in [-0.05, 0) is 25.8 Å². The maximum absolute atomic E-state index is 5.54. The van der Waals surface area contributed by atoms with Crippen molar-refractivity contribution < 1.29 is 9.78 Å². The maximum Gasteiger partial charge on any atom is 0.123 e. The summed E-state index contributed by atoms with van der Waals surface area (Å²) in [5.74, 6) is 0. The quantitative estimate of drug-likeness (QED) is 0.327. The summed E-state index contributed by atoms with van der Waals surface area (Å²) in [4.78, 5) is 10.9. The van der Waals surface area contributed by atoms with E-state index in [0.29, 0.717) is 6.61 Å². The Balaban J connectivity index is 2.12. The van der Waals surface area contributed by atoms with E-state index in [9.17, 15) is 0 Å². The molecule has 1 aromatic rings. The minimum atomic E-state index is -0.385. The maximum atomic E-state index is 5.54. The second-order valence-corrected chi connectivity index (χ2v) is 5.55. The third-order valence-corrected chi connectivity index (χ3v) is 3.32. The van der Waals surface area contributed by atoms with E-state index < -0.39 is 0 Å². The molecule has 0 amide bonds. The van der Waals surface area contributed by atoms with Crippen LogP contribution in [0.15, 0.2) is 30.3 Å². The highest BCUT2D eigenvalue weighted by molar-refractivity contribution is 5.20. The van der Waals surface area contributed by atoms with Gasteiger partial charge in [0.1, 0.15) is 5.60 Å². The zero-order chi connectivity index (χ0) is 14.0. The van der Waals surface area contributed by atoms with Gasteiger partial charge in [0.2, 0.25) is 0 Å². The summed E-state index contributed by atoms with van der Waals surface area (Å²) < 4.78 is 0. The largest absolute Gasteiger partial charge is 0.236 e. The minimum Gasteiger partial charge on any atom is -0.236 e. The van der Waals surface area contributed by atoms with E-state index in [4.69, 9.17) is 9.78 Å². The minimum absolute atomic E-state index is 0.385. The first kappa shape index (κ1) is 16.2. The molecule has 0 bridgehead atoms. The summed E-state index contributed by atoms with van der Waals surface area (Å²) in [5, 5.41) is 0. The van der Waals surface area contributed by atoms with Crippen LogP contribution in [0.3, 0.4) is 0 Å². The summed E-state index contributed by atoms with van der Waals surface area (Å²) in [6.07, 6.45) is 7.60. The summed E-state index contributed by atoms with van der Waals surface area (Å²) in [6.45, 7) is 6.98. The van der Waals surface area contributed by atoms with Crippen LogP contribution in [0.4, 0.5) is 0 Å². The van der Waals surface area contributed by atoms with Crippen LogP contribution in [0.1, 0.15) is 64.9 Å². The molecule has 0 aliphatic heterocycles. The second kappa shape index (κ2) is 9.11. The Hall–Kier alpha value is -0.860. The molecule has 0 N–H and O–H groups in total. The van der Waals surface area contributed by atoms with Gasteiger partial charge in [-0.25, -0.2) is 9.78 Å². The van der Waals surface area contributed by atoms with Crippen molar-refractivity contribution in [2.75, 3.05) is 6.61 Å². The molecule has 0 spiro atoms. The van der Waals surface area contributed by atoms with Crippen molar-refractivity contribution in [2.24, 2.45) is 0 Å². The van der Waals surface area contributed by atoms with Gasteiger partial charge in [0, 0.05) is 0 Å². The van der Waals surface area contributed by atoms with Crippen LogP contribution >= 0.6 is 0 Å². The van der Waals surface area contributed by atoms with Crippen molar-refractivity contribution in [2.45, 2.75) is 64.9 Å². The fourth-order valence-electron chi connectivity index (χ4n) is 2.02. The van der Waals surface area contributed by atoms with Gasteiger partial charge in [-0.3, -0.25) is 0 Å². The van der Waals surface area contributed by atoms with Gasteiger partial charge >= 0.3 is 0 Å². The second-order valence-electron chi connectivity index (χ2n) is 5.55. The van der Waals surface area contributed by atoms with Crippen molar-refractivity contribution in [3.05, 3.63) is 35.9 Å². The predicted octanol–water partition coefficient (Wildman–Crippen LogP) is 5.23. The number of benzene rings is 1. The zero-order valence-electron chi connectivity index (χ0n) is 12.7. The summed E-state index contributed by atoms with van der Waals surface area (Å²) in [5.41, 5.74) is 0.752. The summed E-state index contributed by atoms with van der Waals surface area (Å²) in [6, 6.07) is 10.2. The molecule has 2 heteroatoms. The van der Waals surface area contributed by atoms with Gasteiger partial charge in [0.25, 0.3) is 0 Å². The first-order valence-corrected chi connectivity index (χ1v) is 7.53. The third-order valence-electron chi connectivity index (χ3n) is 3.32. The highest BCUT2D eigenvalue weighted by Gasteiger charge is 2.22. The molecule has 108 valence electrons. The molecule has 1 aromatic carbocycles. The molecule has 0 atom stereocenters. The fraction of sp³-hybridized carbons (Fsp3) is 0.647. The number of hydrogen-bond donors (Lipinski definition) is 0. The zero-order valence-corrected chi connectivity index (χ0v) is 12.7. The standard InChI is InChI=1S/C17H28O2/c1-4-5-6-7-8-12-15-18-19-17(2,3)16-13-10-9-11-14-16/h9-11,13-14H,4-8,12,15H2,1-3H3. The van der Waals surface area contributed by atoms with Crippen LogP contribution in [0.5, 0.6) is 0 Å². The van der Waals surface area contributed by atoms with Crippen molar-refractivity contribution in [1.29, 1.82) is 0 Å². The van der Waals surface area contributed by atoms with Gasteiger partial charge in [0.05, 0.1) is 6.61 Å². The van der Waals surface area contributed by atoms with E-state index in [1.807, 2.05) is 32.0 Å². The highest BCUT2D eigenvalue weighted by atomic mass is 17.2. The number of unbranched alkanes of at least 4 members (excludes halogenated alkanes) is 5. The Morgan fingerprint density at radius 2 is 1.53 bits per heavy atom. The molecule has 0 aromatic heterocycles. The van der Waals surface area contributed by atoms with E-state index in [0.717, 1.165) is 12.0 Å². The van der Waals surface area contributed by atoms with Crippen LogP contribution in [0.2, 0.25) is 0 Å². The molecular formula is C17H28O2. The molecule has 0 heterocycles. The Morgan fingerprint density at radius 1 is 0.895 bits per heavy atom. The Kier molecular flexibility index (Phi) is 7.76. The molecular weight excluding hydrogens is 236 g/mol. The first-order chi connectivity index (χ1) is 9.17. The molecule has 0 fully saturated rings. The van der Waals surface area contributed by atoms with E-state index in [-0.39, 0.29) is 5.60 Å². The lowest BCUT2D eigenvalue weighted by atomic mass is 9.99. The monoisotopic (exact) mass is 264 g/mol. The Labute approximate surface area is 118 Å². The fourth-order valence-corrected chi connectivity index (χ4v) is 2.02. The average molecular weight is 264 g/mol. The Bertz CT molecular complexity index is 319. The van der Waals surface area contributed by atoms with Crippen LogP contribution in [0, 0.1) is 0 Å². The van der Waals surface area contributed by atoms with E-state index in [1.54, 1.807) is 0 Å². The number of rotatable bonds is 10. The van der Waals surface area contributed by atoms with Gasteiger partial charge < -0.3 is 0 Å². The molecule has 0 aliphatic carbocycles. The van der Waals surface area contributed by atoms with Crippen molar-refractivity contribution >= 4 is 0 Å². The van der Waals surface area contributed by atoms with Crippen molar-refractivity contribution in [3.8, 4) is 0 Å². The van der Waals surface area contributed by atoms with Crippen molar-refractivity contribution in [3.63, 3.8) is 0 Å². The molecule has 1 rings (SSSR count). The smallest absolute Gasteiger partial charge is 0.123 e. The number of hydrogen-bond acceptors (Lipinski definition) is 2. The van der Waals surface area contributed by atoms with Gasteiger partial charge in [0.15, 0.2) is 0 Å². The average Bonchev–Trinajstić information content (AvgIpc) is 2.43. The molecule has 2 nitrogen and oxygen atoms in total. The molecule has 19 heavy (non-hydrogen) atoms. The first-order valence-electron chi connectivity index (χ1n) is 7.53. The van der Waals surface area contributed by atoms with Gasteiger partial charge in [-0.15, -0.1) is 0 Å².